The molecule has 1 heterocycles. The average molecular weight is 162 g/mol. The lowest BCUT2D eigenvalue weighted by molar-refractivity contribution is 1.12. The molecule has 0 bridgehead atoms. The Balaban J connectivity index is 3.17. The smallest absolute Gasteiger partial charge is 0.216 e. The first-order chi connectivity index (χ1) is 4.20. The van der Waals surface area contributed by atoms with Crippen molar-refractivity contribution in [2.75, 3.05) is 0 Å². The zero-order valence-corrected chi connectivity index (χ0v) is 6.16. The topological polar surface area (TPSA) is 25.8 Å². The van der Waals surface area contributed by atoms with Crippen LogP contribution in [0, 0.1) is 13.1 Å². The van der Waals surface area contributed by atoms with Crippen molar-refractivity contribution in [1.29, 1.82) is 0 Å². The lowest BCUT2D eigenvalue weighted by atomic mass is 10.4. The Hall–Kier alpha value is -0.340. The van der Waals surface area contributed by atoms with Crippen molar-refractivity contribution in [3.8, 4) is 0 Å². The molecule has 2 nitrogen and oxygen atoms in total. The molecule has 0 spiro atoms. The third-order valence-electron chi connectivity index (χ3n) is 0.816. The van der Waals surface area contributed by atoms with E-state index in [1.165, 1.54) is 0 Å². The molecular formula is C5H3Cl2N2. The molecule has 0 unspecified atom stereocenters. The predicted octanol–water partition coefficient (Wildman–Crippen LogP) is 1.89. The van der Waals surface area contributed by atoms with E-state index in [0.717, 1.165) is 0 Å². The molecule has 1 rings (SSSR count). The Morgan fingerprint density at radius 2 is 2.11 bits per heavy atom. The van der Waals surface area contributed by atoms with Crippen LogP contribution in [0.15, 0.2) is 0 Å². The van der Waals surface area contributed by atoms with Gasteiger partial charge in [-0.2, -0.15) is 0 Å². The van der Waals surface area contributed by atoms with Crippen molar-refractivity contribution >= 4 is 23.2 Å². The van der Waals surface area contributed by atoms with Gasteiger partial charge < -0.3 is 0 Å². The van der Waals surface area contributed by atoms with Gasteiger partial charge in [0.25, 0.3) is 0 Å². The Morgan fingerprint density at radius 1 is 1.44 bits per heavy atom. The van der Waals surface area contributed by atoms with Gasteiger partial charge in [-0.3, -0.25) is 0 Å². The van der Waals surface area contributed by atoms with E-state index in [1.807, 2.05) is 0 Å². The second kappa shape index (κ2) is 2.50. The number of halogens is 2. The number of rotatable bonds is 0. The van der Waals surface area contributed by atoms with E-state index in [9.17, 15) is 0 Å². The zero-order valence-electron chi connectivity index (χ0n) is 4.65. The zero-order chi connectivity index (χ0) is 6.85. The van der Waals surface area contributed by atoms with Crippen LogP contribution < -0.4 is 0 Å². The normalized spacial score (nSPS) is 9.67. The molecule has 0 aliphatic rings. The molecular weight excluding hydrogens is 159 g/mol. The molecule has 0 aliphatic heterocycles. The van der Waals surface area contributed by atoms with Crippen LogP contribution in [0.4, 0.5) is 0 Å². The summed E-state index contributed by atoms with van der Waals surface area (Å²) in [7, 11) is 0. The van der Waals surface area contributed by atoms with Crippen LogP contribution in [0.25, 0.3) is 0 Å². The minimum Gasteiger partial charge on any atom is -0.216 e. The maximum Gasteiger partial charge on any atom is 0.224 e. The summed E-state index contributed by atoms with van der Waals surface area (Å²) in [5, 5.41) is 0.487. The third-order valence-corrected chi connectivity index (χ3v) is 1.35. The minimum atomic E-state index is 0.130. The third kappa shape index (κ3) is 1.53. The van der Waals surface area contributed by atoms with E-state index < -0.39 is 0 Å². The number of hydrogen-bond donors (Lipinski definition) is 0. The molecule has 1 radical (unpaired) electrons. The second-order valence-electron chi connectivity index (χ2n) is 1.52. The molecule has 1 aromatic rings. The molecule has 47 valence electrons. The summed E-state index contributed by atoms with van der Waals surface area (Å²) in [4.78, 5) is 7.25. The first-order valence-electron chi connectivity index (χ1n) is 2.27. The van der Waals surface area contributed by atoms with E-state index in [1.54, 1.807) is 6.92 Å². The minimum absolute atomic E-state index is 0.130. The van der Waals surface area contributed by atoms with Gasteiger partial charge in [-0.1, -0.05) is 11.6 Å². The quantitative estimate of drug-likeness (QED) is 0.430. The van der Waals surface area contributed by atoms with E-state index in [4.69, 9.17) is 23.2 Å². The molecule has 4 heteroatoms. The molecule has 0 fully saturated rings. The lowest BCUT2D eigenvalue weighted by Crippen LogP contribution is -1.85. The number of aryl methyl sites for hydroxylation is 1. The van der Waals surface area contributed by atoms with Gasteiger partial charge in [0.15, 0.2) is 0 Å². The molecule has 0 saturated carbocycles. The number of nitrogens with zero attached hydrogens (tertiary/aromatic N) is 2. The van der Waals surface area contributed by atoms with Gasteiger partial charge in [0.05, 0.1) is 6.20 Å². The molecule has 0 aromatic carbocycles. The van der Waals surface area contributed by atoms with Gasteiger partial charge in [-0.25, -0.2) is 9.97 Å². The van der Waals surface area contributed by atoms with Gasteiger partial charge in [0, 0.05) is 5.56 Å². The Bertz CT molecular complexity index is 224. The van der Waals surface area contributed by atoms with E-state index in [0.29, 0.717) is 10.7 Å². The van der Waals surface area contributed by atoms with E-state index in [-0.39, 0.29) is 5.28 Å². The first-order valence-corrected chi connectivity index (χ1v) is 3.03. The maximum atomic E-state index is 5.55. The SMILES string of the molecule is Cc1[c]nc(Cl)nc1Cl. The van der Waals surface area contributed by atoms with Crippen LogP contribution in [0.1, 0.15) is 5.56 Å². The summed E-state index contributed by atoms with van der Waals surface area (Å²) in [6.45, 7) is 1.76. The van der Waals surface area contributed by atoms with Crippen LogP contribution in [0.2, 0.25) is 10.4 Å². The Kier molecular flexibility index (Phi) is 1.88. The van der Waals surface area contributed by atoms with E-state index >= 15 is 0 Å². The summed E-state index contributed by atoms with van der Waals surface area (Å²) in [6, 6.07) is 0. The first kappa shape index (κ1) is 6.78. The summed E-state index contributed by atoms with van der Waals surface area (Å²) in [5.41, 5.74) is 0.709. The van der Waals surface area contributed by atoms with Crippen LogP contribution in [-0.4, -0.2) is 9.97 Å². The molecule has 0 saturated heterocycles. The average Bonchev–Trinajstić information content (AvgIpc) is 1.80. The molecule has 9 heavy (non-hydrogen) atoms. The number of hydrogen-bond acceptors (Lipinski definition) is 2. The highest BCUT2D eigenvalue weighted by molar-refractivity contribution is 6.32. The van der Waals surface area contributed by atoms with Crippen LogP contribution in [0.5, 0.6) is 0 Å². The highest BCUT2D eigenvalue weighted by atomic mass is 35.5. The van der Waals surface area contributed by atoms with E-state index in [2.05, 4.69) is 16.2 Å². The van der Waals surface area contributed by atoms with Crippen molar-refractivity contribution in [2.45, 2.75) is 6.92 Å². The van der Waals surface area contributed by atoms with Crippen molar-refractivity contribution < 1.29 is 0 Å². The highest BCUT2D eigenvalue weighted by Gasteiger charge is 1.96. The predicted molar refractivity (Wildman–Crippen MR) is 35.6 cm³/mol. The lowest BCUT2D eigenvalue weighted by Gasteiger charge is -1.91. The molecule has 1 aromatic heterocycles. The monoisotopic (exact) mass is 161 g/mol. The highest BCUT2D eigenvalue weighted by Crippen LogP contribution is 2.11. The second-order valence-corrected chi connectivity index (χ2v) is 2.22. The fourth-order valence-corrected chi connectivity index (χ4v) is 0.658. The van der Waals surface area contributed by atoms with Crippen molar-refractivity contribution in [3.63, 3.8) is 0 Å². The maximum absolute atomic E-state index is 5.55. The van der Waals surface area contributed by atoms with Gasteiger partial charge in [-0.05, 0) is 18.5 Å². The van der Waals surface area contributed by atoms with Crippen molar-refractivity contribution in [3.05, 3.63) is 22.2 Å². The summed E-state index contributed by atoms with van der Waals surface area (Å²) >= 11 is 10.9. The molecule has 0 N–H and O–H groups in total. The van der Waals surface area contributed by atoms with Gasteiger partial charge >= 0.3 is 0 Å². The molecule has 0 aliphatic carbocycles. The van der Waals surface area contributed by atoms with Gasteiger partial charge in [0.1, 0.15) is 5.15 Å². The van der Waals surface area contributed by atoms with Crippen LogP contribution in [0.3, 0.4) is 0 Å². The molecule has 0 amide bonds. The van der Waals surface area contributed by atoms with Crippen LogP contribution >= 0.6 is 23.2 Å². The Labute approximate surface area is 62.8 Å². The summed E-state index contributed by atoms with van der Waals surface area (Å²) < 4.78 is 0. The van der Waals surface area contributed by atoms with Gasteiger partial charge in [0.2, 0.25) is 5.28 Å². The van der Waals surface area contributed by atoms with Crippen molar-refractivity contribution in [2.24, 2.45) is 0 Å². The summed E-state index contributed by atoms with van der Waals surface area (Å²) in [5.74, 6) is 0. The standard InChI is InChI=1S/C5H3Cl2N2/c1-3-2-8-5(7)9-4(3)6/h1H3. The fourth-order valence-electron chi connectivity index (χ4n) is 0.366. The summed E-state index contributed by atoms with van der Waals surface area (Å²) in [6.07, 6.45) is 2.59. The largest absolute Gasteiger partial charge is 0.224 e. The van der Waals surface area contributed by atoms with Crippen LogP contribution in [-0.2, 0) is 0 Å². The fraction of sp³-hybridized carbons (Fsp3) is 0.200. The number of aromatic nitrogens is 2. The molecule has 0 atom stereocenters. The van der Waals surface area contributed by atoms with Crippen molar-refractivity contribution in [1.82, 2.24) is 9.97 Å². The van der Waals surface area contributed by atoms with Gasteiger partial charge in [-0.15, -0.1) is 0 Å². The Morgan fingerprint density at radius 3 is 2.56 bits per heavy atom.